The van der Waals surface area contributed by atoms with E-state index in [1.807, 2.05) is 6.07 Å². The molecule has 1 saturated heterocycles. The smallest absolute Gasteiger partial charge is 0.243 e. The molecule has 7 nitrogen and oxygen atoms in total. The molecule has 1 aromatic heterocycles. The van der Waals surface area contributed by atoms with E-state index in [0.29, 0.717) is 31.1 Å². The van der Waals surface area contributed by atoms with Gasteiger partial charge in [-0.3, -0.25) is 4.79 Å². The van der Waals surface area contributed by atoms with Crippen LogP contribution >= 0.6 is 0 Å². The average Bonchev–Trinajstić information content (AvgIpc) is 3.04. The highest BCUT2D eigenvalue weighted by molar-refractivity contribution is 7.89. The van der Waals surface area contributed by atoms with E-state index in [0.717, 1.165) is 25.7 Å². The molecule has 3 rings (SSSR count). The van der Waals surface area contributed by atoms with Gasteiger partial charge in [-0.2, -0.15) is 4.31 Å². The van der Waals surface area contributed by atoms with Crippen LogP contribution in [0, 0.1) is 0 Å². The van der Waals surface area contributed by atoms with Crippen molar-refractivity contribution < 1.29 is 17.6 Å². The Bertz CT molecular complexity index is 873. The highest BCUT2D eigenvalue weighted by atomic mass is 32.2. The summed E-state index contributed by atoms with van der Waals surface area (Å²) in [5.41, 5.74) is 0.607. The first-order valence-electron chi connectivity index (χ1n) is 9.57. The van der Waals surface area contributed by atoms with E-state index in [-0.39, 0.29) is 17.3 Å². The van der Waals surface area contributed by atoms with Crippen molar-refractivity contribution in [3.63, 3.8) is 0 Å². The van der Waals surface area contributed by atoms with Gasteiger partial charge < -0.3 is 14.6 Å². The van der Waals surface area contributed by atoms with Crippen LogP contribution in [0.3, 0.4) is 0 Å². The molecule has 8 heteroatoms. The zero-order chi connectivity index (χ0) is 20.0. The summed E-state index contributed by atoms with van der Waals surface area (Å²) in [5, 5.41) is 3.03. The fourth-order valence-electron chi connectivity index (χ4n) is 3.23. The molecule has 2 aromatic rings. The van der Waals surface area contributed by atoms with Gasteiger partial charge in [0.2, 0.25) is 15.9 Å². The van der Waals surface area contributed by atoms with Crippen molar-refractivity contribution in [3.8, 4) is 0 Å². The Balaban J connectivity index is 1.62. The summed E-state index contributed by atoms with van der Waals surface area (Å²) in [7, 11) is -1.81. The number of hydrogen-bond donors (Lipinski definition) is 1. The number of hydrogen-bond acceptors (Lipinski definition) is 5. The van der Waals surface area contributed by atoms with Gasteiger partial charge in [0.25, 0.3) is 0 Å². The van der Waals surface area contributed by atoms with Gasteiger partial charge in [-0.1, -0.05) is 18.9 Å². The number of benzene rings is 1. The molecular formula is C20H27N3O4S. The summed E-state index contributed by atoms with van der Waals surface area (Å²) in [6.45, 7) is 1.59. The molecule has 1 aliphatic rings. The maximum absolute atomic E-state index is 12.9. The molecule has 0 radical (unpaired) electrons. The Hall–Kier alpha value is -2.32. The zero-order valence-electron chi connectivity index (χ0n) is 16.1. The van der Waals surface area contributed by atoms with Crippen molar-refractivity contribution in [1.82, 2.24) is 9.21 Å². The summed E-state index contributed by atoms with van der Waals surface area (Å²) in [6.07, 6.45) is 5.51. The number of likely N-dealkylation sites (N-methyl/N-ethyl adjacent to an activating group) is 1. The number of furan rings is 1. The van der Waals surface area contributed by atoms with Crippen LogP contribution in [0.2, 0.25) is 0 Å². The third-order valence-corrected chi connectivity index (χ3v) is 6.77. The number of carbonyl (C=O) groups is 1. The molecule has 152 valence electrons. The monoisotopic (exact) mass is 405 g/mol. The maximum Gasteiger partial charge on any atom is 0.243 e. The van der Waals surface area contributed by atoms with Crippen LogP contribution < -0.4 is 5.32 Å². The first-order valence-corrected chi connectivity index (χ1v) is 11.0. The van der Waals surface area contributed by atoms with Crippen LogP contribution in [0.4, 0.5) is 5.69 Å². The standard InChI is InChI=1S/C20H27N3O4S/c1-22(16-18-9-7-13-27-18)20(24)15-21-17-8-6-10-19(14-17)28(25,26)23-11-4-2-3-5-12-23/h6-10,13-14,21H,2-5,11-12,15-16H2,1H3. The van der Waals surface area contributed by atoms with E-state index in [4.69, 9.17) is 4.42 Å². The normalized spacial score (nSPS) is 15.8. The predicted octanol–water partition coefficient (Wildman–Crippen LogP) is 2.91. The van der Waals surface area contributed by atoms with Crippen LogP contribution in [0.1, 0.15) is 31.4 Å². The van der Waals surface area contributed by atoms with Crippen LogP contribution in [0.5, 0.6) is 0 Å². The van der Waals surface area contributed by atoms with Crippen molar-refractivity contribution in [1.29, 1.82) is 0 Å². The quantitative estimate of drug-likeness (QED) is 0.766. The Morgan fingerprint density at radius 3 is 2.57 bits per heavy atom. The Labute approximate surface area is 166 Å². The summed E-state index contributed by atoms with van der Waals surface area (Å²) in [5.74, 6) is 0.596. The zero-order valence-corrected chi connectivity index (χ0v) is 17.0. The molecule has 28 heavy (non-hydrogen) atoms. The molecule has 1 fully saturated rings. The first kappa shape index (κ1) is 20.4. The predicted molar refractivity (Wildman–Crippen MR) is 107 cm³/mol. The molecule has 0 unspecified atom stereocenters. The van der Waals surface area contributed by atoms with Gasteiger partial charge in [-0.25, -0.2) is 8.42 Å². The molecule has 1 N–H and O–H groups in total. The van der Waals surface area contributed by atoms with E-state index in [1.54, 1.807) is 52.8 Å². The van der Waals surface area contributed by atoms with Crippen LogP contribution in [0.15, 0.2) is 52.0 Å². The average molecular weight is 406 g/mol. The molecule has 0 aliphatic carbocycles. The van der Waals surface area contributed by atoms with Gasteiger partial charge in [0, 0.05) is 25.8 Å². The lowest BCUT2D eigenvalue weighted by atomic mass is 10.2. The minimum absolute atomic E-state index is 0.0738. The summed E-state index contributed by atoms with van der Waals surface area (Å²) >= 11 is 0. The largest absolute Gasteiger partial charge is 0.467 e. The topological polar surface area (TPSA) is 82.9 Å². The van der Waals surface area contributed by atoms with Crippen LogP contribution in [-0.2, 0) is 21.4 Å². The molecule has 1 aliphatic heterocycles. The molecular weight excluding hydrogens is 378 g/mol. The second-order valence-electron chi connectivity index (χ2n) is 7.03. The Morgan fingerprint density at radius 2 is 1.89 bits per heavy atom. The minimum Gasteiger partial charge on any atom is -0.467 e. The molecule has 1 aromatic carbocycles. The molecule has 1 amide bonds. The lowest BCUT2D eigenvalue weighted by Crippen LogP contribution is -2.32. The van der Waals surface area contributed by atoms with Gasteiger partial charge in [-0.05, 0) is 43.2 Å². The Morgan fingerprint density at radius 1 is 1.14 bits per heavy atom. The van der Waals surface area contributed by atoms with E-state index in [1.165, 1.54) is 0 Å². The van der Waals surface area contributed by atoms with Crippen molar-refractivity contribution in [3.05, 3.63) is 48.4 Å². The van der Waals surface area contributed by atoms with E-state index in [9.17, 15) is 13.2 Å². The van der Waals surface area contributed by atoms with Crippen molar-refractivity contribution >= 4 is 21.6 Å². The molecule has 0 spiro atoms. The van der Waals surface area contributed by atoms with Crippen LogP contribution in [0.25, 0.3) is 0 Å². The number of sulfonamides is 1. The van der Waals surface area contributed by atoms with Gasteiger partial charge in [0.15, 0.2) is 0 Å². The third-order valence-electron chi connectivity index (χ3n) is 4.88. The summed E-state index contributed by atoms with van der Waals surface area (Å²) in [6, 6.07) is 10.3. The lowest BCUT2D eigenvalue weighted by Gasteiger charge is -2.20. The molecule has 0 bridgehead atoms. The van der Waals surface area contributed by atoms with Crippen molar-refractivity contribution in [2.24, 2.45) is 0 Å². The summed E-state index contributed by atoms with van der Waals surface area (Å²) < 4.78 is 32.7. The number of amides is 1. The molecule has 0 atom stereocenters. The fourth-order valence-corrected chi connectivity index (χ4v) is 4.80. The highest BCUT2D eigenvalue weighted by Gasteiger charge is 2.25. The van der Waals surface area contributed by atoms with Gasteiger partial charge >= 0.3 is 0 Å². The molecule has 2 heterocycles. The fraction of sp³-hybridized carbons (Fsp3) is 0.450. The number of rotatable bonds is 7. The number of nitrogens with zero attached hydrogens (tertiary/aromatic N) is 2. The molecule has 0 saturated carbocycles. The minimum atomic E-state index is -3.51. The lowest BCUT2D eigenvalue weighted by molar-refractivity contribution is -0.128. The number of carbonyl (C=O) groups excluding carboxylic acids is 1. The van der Waals surface area contributed by atoms with Gasteiger partial charge in [0.1, 0.15) is 5.76 Å². The first-order chi connectivity index (χ1) is 13.5. The number of nitrogens with one attached hydrogen (secondary N) is 1. The SMILES string of the molecule is CN(Cc1ccco1)C(=O)CNc1cccc(S(=O)(=O)N2CCCCCC2)c1. The van der Waals surface area contributed by atoms with E-state index < -0.39 is 10.0 Å². The maximum atomic E-state index is 12.9. The van der Waals surface area contributed by atoms with Gasteiger partial charge in [-0.15, -0.1) is 0 Å². The van der Waals surface area contributed by atoms with E-state index in [2.05, 4.69) is 5.32 Å². The van der Waals surface area contributed by atoms with Crippen molar-refractivity contribution in [2.45, 2.75) is 37.1 Å². The van der Waals surface area contributed by atoms with Crippen LogP contribution in [-0.4, -0.2) is 50.2 Å². The second-order valence-corrected chi connectivity index (χ2v) is 8.97. The Kier molecular flexibility index (Phi) is 6.74. The second kappa shape index (κ2) is 9.25. The third kappa shape index (κ3) is 5.14. The summed E-state index contributed by atoms with van der Waals surface area (Å²) in [4.78, 5) is 14.1. The highest BCUT2D eigenvalue weighted by Crippen LogP contribution is 2.22. The van der Waals surface area contributed by atoms with Crippen molar-refractivity contribution in [2.75, 3.05) is 32.0 Å². The van der Waals surface area contributed by atoms with E-state index >= 15 is 0 Å². The number of anilines is 1. The van der Waals surface area contributed by atoms with Gasteiger partial charge in [0.05, 0.1) is 24.2 Å².